The van der Waals surface area contributed by atoms with Gasteiger partial charge in [-0.2, -0.15) is 0 Å². The molecule has 0 aliphatic heterocycles. The van der Waals surface area contributed by atoms with Crippen LogP contribution in [0.25, 0.3) is 0 Å². The summed E-state index contributed by atoms with van der Waals surface area (Å²) in [7, 11) is -4.74. The predicted octanol–water partition coefficient (Wildman–Crippen LogP) is 2.73. The molecule has 0 amide bonds. The fourth-order valence-corrected chi connectivity index (χ4v) is 2.12. The Kier molecular flexibility index (Phi) is 106. The average Bonchev–Trinajstić information content (AvgIpc) is 2.54. The van der Waals surface area contributed by atoms with Crippen molar-refractivity contribution in [1.29, 1.82) is 0 Å². The van der Waals surface area contributed by atoms with Crippen molar-refractivity contribution in [3.8, 4) is 0 Å². The molecule has 0 saturated carbocycles. The van der Waals surface area contributed by atoms with Gasteiger partial charge in [0.2, 0.25) is 0 Å². The van der Waals surface area contributed by atoms with Gasteiger partial charge in [0.25, 0.3) is 0 Å². The van der Waals surface area contributed by atoms with Gasteiger partial charge in [-0.1, -0.05) is 85.5 Å². The minimum absolute atomic E-state index is 0. The van der Waals surface area contributed by atoms with E-state index in [-0.39, 0.29) is 57.2 Å². The quantitative estimate of drug-likeness (QED) is 0.201. The number of quaternary nitrogens is 5. The molecule has 0 heterocycles. The van der Waals surface area contributed by atoms with Gasteiger partial charge in [-0.15, -0.1) is 19.8 Å². The Bertz CT molecular complexity index is 263. The second kappa shape index (κ2) is 57.1. The molecule has 0 aliphatic rings. The molecular formula is C18H60N5O7P. The van der Waals surface area contributed by atoms with Crippen LogP contribution >= 0.6 is 7.82 Å². The van der Waals surface area contributed by atoms with Gasteiger partial charge in [-0.3, -0.25) is 0 Å². The molecule has 0 aliphatic carbocycles. The van der Waals surface area contributed by atoms with E-state index in [2.05, 4.69) is 11.4 Å². The summed E-state index contributed by atoms with van der Waals surface area (Å²) in [5.74, 6) is 0. The first-order chi connectivity index (χ1) is 12.3. The minimum Gasteiger partial charge on any atom is -0.855 e. The van der Waals surface area contributed by atoms with Gasteiger partial charge < -0.3 is 64.9 Å². The molecule has 0 aromatic carbocycles. The smallest absolute Gasteiger partial charge is 0.0596 e. The van der Waals surface area contributed by atoms with E-state index in [1.807, 2.05) is 0 Å². The Morgan fingerprint density at radius 1 is 0.548 bits per heavy atom. The fraction of sp³-hybridized carbons (Fsp3) is 1.00. The third-order valence-electron chi connectivity index (χ3n) is 2.75. The van der Waals surface area contributed by atoms with Crippen LogP contribution in [0.5, 0.6) is 0 Å². The van der Waals surface area contributed by atoms with Crippen LogP contribution in [-0.2, 0) is 9.09 Å². The van der Waals surface area contributed by atoms with Crippen molar-refractivity contribution in [2.45, 2.75) is 91.9 Å². The van der Waals surface area contributed by atoms with Crippen LogP contribution in [0, 0.1) is 0 Å². The zero-order chi connectivity index (χ0) is 21.1. The maximum atomic E-state index is 10.1. The summed E-state index contributed by atoms with van der Waals surface area (Å²) >= 11 is 0. The number of unbranched alkanes of at least 4 members (excludes halogenated alkanes) is 9. The van der Waals surface area contributed by atoms with Crippen molar-refractivity contribution in [3.05, 3.63) is 0 Å². The van der Waals surface area contributed by atoms with Gasteiger partial charge in [0.1, 0.15) is 0 Å². The summed E-state index contributed by atoms with van der Waals surface area (Å²) in [5, 5.41) is 26.8. The maximum absolute atomic E-state index is 10.1. The Labute approximate surface area is 191 Å². The number of hydrogen-bond acceptors (Lipinski definition) is 7. The molecule has 0 radical (unpaired) electrons. The fourth-order valence-electron chi connectivity index (χ4n) is 1.77. The highest BCUT2D eigenvalue weighted by atomic mass is 31.2. The van der Waals surface area contributed by atoms with Crippen molar-refractivity contribution in [3.63, 3.8) is 0 Å². The molecule has 31 heavy (non-hydrogen) atoms. The van der Waals surface area contributed by atoms with E-state index in [4.69, 9.17) is 15.3 Å². The molecule has 0 bridgehead atoms. The first kappa shape index (κ1) is 57.5. The second-order valence-electron chi connectivity index (χ2n) is 5.33. The van der Waals surface area contributed by atoms with Gasteiger partial charge in [-0.25, -0.2) is 0 Å². The van der Waals surface area contributed by atoms with Crippen molar-refractivity contribution >= 4 is 7.82 Å². The number of phosphoric acid groups is 1. The van der Waals surface area contributed by atoms with Crippen molar-refractivity contribution in [2.24, 2.45) is 0 Å². The molecule has 20 N–H and O–H groups in total. The molecule has 0 unspecified atom stereocenters. The standard InChI is InChI=1S/C12H27O4P.3C2H5O.5H3N/c1-2-3-4-5-6-7-8-9-10-11-12-16-17(13,14)15;3*1-2-3;;;;;/h2-12H2,1H3,(H2,13,14,15);3*2H2,1H3;5*1H3/q;3*-1;;;;;/p+3. The van der Waals surface area contributed by atoms with Crippen LogP contribution in [0.4, 0.5) is 0 Å². The molecule has 0 spiro atoms. The van der Waals surface area contributed by atoms with Crippen LogP contribution in [-0.4, -0.2) is 26.4 Å². The van der Waals surface area contributed by atoms with Crippen molar-refractivity contribution in [1.82, 2.24) is 30.8 Å². The lowest BCUT2D eigenvalue weighted by atomic mass is 10.1. The van der Waals surface area contributed by atoms with Crippen LogP contribution in [0.15, 0.2) is 0 Å². The number of rotatable bonds is 12. The number of phosphoric ester groups is 1. The van der Waals surface area contributed by atoms with E-state index in [1.165, 1.54) is 44.9 Å². The molecule has 0 rings (SSSR count). The molecule has 0 aromatic rings. The van der Waals surface area contributed by atoms with E-state index < -0.39 is 7.82 Å². The lowest BCUT2D eigenvalue weighted by Gasteiger charge is -2.28. The molecule has 0 saturated heterocycles. The molecule has 12 nitrogen and oxygen atoms in total. The Morgan fingerprint density at radius 2 is 0.774 bits per heavy atom. The molecule has 0 fully saturated rings. The zero-order valence-electron chi connectivity index (χ0n) is 22.2. The Morgan fingerprint density at radius 3 is 1.00 bits per heavy atom. The second-order valence-corrected chi connectivity index (χ2v) is 6.48. The van der Waals surface area contributed by atoms with Gasteiger partial charge in [0, 0.05) is 0 Å². The summed E-state index contributed by atoms with van der Waals surface area (Å²) in [6, 6.07) is 0. The molecule has 204 valence electrons. The SMILES string of the molecule is CCCCCCCCCCCCOP(=O)([O-])[O-].CC[O-].CC[O-].CC[O-].[NH4+].[NH4+].[NH4+].[NH4+].[NH4+]. The van der Waals surface area contributed by atoms with Gasteiger partial charge in [-0.05, 0) is 6.42 Å². The summed E-state index contributed by atoms with van der Waals surface area (Å²) < 4.78 is 14.3. The van der Waals surface area contributed by atoms with Crippen LogP contribution in [0.3, 0.4) is 0 Å². The lowest BCUT2D eigenvalue weighted by molar-refractivity contribution is -0.362. The highest BCUT2D eigenvalue weighted by Crippen LogP contribution is 2.24. The van der Waals surface area contributed by atoms with E-state index >= 15 is 0 Å². The summed E-state index contributed by atoms with van der Waals surface area (Å²) in [6.07, 6.45) is 11.7. The average molecular weight is 490 g/mol. The Hall–Kier alpha value is -0.210. The third-order valence-corrected chi connectivity index (χ3v) is 3.25. The molecular weight excluding hydrogens is 429 g/mol. The minimum atomic E-state index is -4.74. The summed E-state index contributed by atoms with van der Waals surface area (Å²) in [5.41, 5.74) is 0. The van der Waals surface area contributed by atoms with E-state index in [9.17, 15) is 14.4 Å². The van der Waals surface area contributed by atoms with Crippen LogP contribution in [0.1, 0.15) is 91.9 Å². The first-order valence-corrected chi connectivity index (χ1v) is 11.2. The van der Waals surface area contributed by atoms with Gasteiger partial charge in [0.05, 0.1) is 14.4 Å². The van der Waals surface area contributed by atoms with Gasteiger partial charge in [0.15, 0.2) is 0 Å². The van der Waals surface area contributed by atoms with Crippen LogP contribution in [0.2, 0.25) is 0 Å². The largest absolute Gasteiger partial charge is 0.855 e. The third kappa shape index (κ3) is 121. The van der Waals surface area contributed by atoms with E-state index in [0.717, 1.165) is 12.8 Å². The topological polar surface area (TPSA) is 324 Å². The van der Waals surface area contributed by atoms with Gasteiger partial charge >= 0.3 is 0 Å². The predicted molar refractivity (Wildman–Crippen MR) is 127 cm³/mol. The monoisotopic (exact) mass is 489 g/mol. The molecule has 0 aromatic heterocycles. The highest BCUT2D eigenvalue weighted by Gasteiger charge is 1.94. The zero-order valence-corrected chi connectivity index (χ0v) is 23.1. The highest BCUT2D eigenvalue weighted by molar-refractivity contribution is 7.43. The molecule has 13 heteroatoms. The normalized spacial score (nSPS) is 8.29. The van der Waals surface area contributed by atoms with E-state index in [1.54, 1.807) is 20.8 Å². The van der Waals surface area contributed by atoms with Crippen LogP contribution < -0.4 is 55.9 Å². The summed E-state index contributed by atoms with van der Waals surface area (Å²) in [4.78, 5) is 20.3. The number of hydrogen-bond donors (Lipinski definition) is 5. The van der Waals surface area contributed by atoms with Crippen molar-refractivity contribution < 1.29 is 34.2 Å². The lowest BCUT2D eigenvalue weighted by Crippen LogP contribution is -2.16. The van der Waals surface area contributed by atoms with Crippen molar-refractivity contribution in [2.75, 3.05) is 26.4 Å². The maximum Gasteiger partial charge on any atom is 0.0596 e. The Balaban J connectivity index is -0.0000000427. The van der Waals surface area contributed by atoms with E-state index in [0.29, 0.717) is 6.42 Å². The summed E-state index contributed by atoms with van der Waals surface area (Å²) in [6.45, 7) is 6.96. The first-order valence-electron chi connectivity index (χ1n) is 9.71. The molecule has 0 atom stereocenters.